The van der Waals surface area contributed by atoms with E-state index in [9.17, 15) is 5.26 Å². The fraction of sp³-hybridized carbons (Fsp3) is 0. The highest BCUT2D eigenvalue weighted by molar-refractivity contribution is 7.27. The standard InChI is InChI=1S/C38H19N3S2/c1-40-31-20-24(23-14-16-36-29(18-23)26-8-3-5-12-35(26)42-36)19-30-27-9-6-11-34(38(27)43-37(30)31)41-32-10-4-2-7-25(32)28-17-22(21-39)13-15-33(28)41/h2-20H. The maximum absolute atomic E-state index is 9.58. The summed E-state index contributed by atoms with van der Waals surface area (Å²) >= 11 is 3.50. The summed E-state index contributed by atoms with van der Waals surface area (Å²) in [5.41, 5.74) is 6.75. The lowest BCUT2D eigenvalue weighted by molar-refractivity contribution is 1.20. The SMILES string of the molecule is [C-]#[N+]c1cc(-c2ccc3sc4ccccc4c3c2)cc2c1sc1c(-n3c4ccccc4c4cc(C#N)ccc43)cccc12. The molecule has 0 bridgehead atoms. The number of nitriles is 1. The smallest absolute Gasteiger partial charge is 0.205 e. The molecule has 0 spiro atoms. The summed E-state index contributed by atoms with van der Waals surface area (Å²) in [6.45, 7) is 8.12. The predicted molar refractivity (Wildman–Crippen MR) is 183 cm³/mol. The van der Waals surface area contributed by atoms with Gasteiger partial charge in [-0.25, -0.2) is 4.85 Å². The quantitative estimate of drug-likeness (QED) is 0.187. The van der Waals surface area contributed by atoms with Gasteiger partial charge < -0.3 is 4.57 Å². The monoisotopic (exact) mass is 581 g/mol. The van der Waals surface area contributed by atoms with Gasteiger partial charge in [-0.1, -0.05) is 54.6 Å². The van der Waals surface area contributed by atoms with Gasteiger partial charge in [0.05, 0.1) is 39.6 Å². The second kappa shape index (κ2) is 9.02. The van der Waals surface area contributed by atoms with Crippen molar-refractivity contribution in [1.82, 2.24) is 4.57 Å². The summed E-state index contributed by atoms with van der Waals surface area (Å²) < 4.78 is 7.02. The Bertz CT molecular complexity index is 2710. The molecule has 6 aromatic carbocycles. The van der Waals surface area contributed by atoms with Crippen molar-refractivity contribution >= 4 is 90.5 Å². The third kappa shape index (κ3) is 3.44. The van der Waals surface area contributed by atoms with Gasteiger partial charge in [-0.05, 0) is 77.2 Å². The van der Waals surface area contributed by atoms with E-state index in [1.807, 2.05) is 41.7 Å². The minimum absolute atomic E-state index is 0.651. The molecule has 198 valence electrons. The van der Waals surface area contributed by atoms with Crippen LogP contribution in [-0.4, -0.2) is 4.57 Å². The molecular formula is C38H19N3S2. The molecule has 0 amide bonds. The van der Waals surface area contributed by atoms with E-state index in [0.29, 0.717) is 11.3 Å². The molecule has 3 nitrogen and oxygen atoms in total. The van der Waals surface area contributed by atoms with Crippen molar-refractivity contribution in [3.63, 3.8) is 0 Å². The molecule has 3 heterocycles. The number of hydrogen-bond donors (Lipinski definition) is 0. The van der Waals surface area contributed by atoms with Gasteiger partial charge >= 0.3 is 0 Å². The van der Waals surface area contributed by atoms with E-state index in [-0.39, 0.29) is 0 Å². The first-order valence-corrected chi connectivity index (χ1v) is 15.6. The Morgan fingerprint density at radius 2 is 1.35 bits per heavy atom. The Labute approximate surface area is 254 Å². The molecule has 0 saturated carbocycles. The zero-order valence-electron chi connectivity index (χ0n) is 22.6. The normalized spacial score (nSPS) is 11.7. The molecule has 9 rings (SSSR count). The molecule has 0 aliphatic heterocycles. The van der Waals surface area contributed by atoms with Crippen LogP contribution in [0.5, 0.6) is 0 Å². The van der Waals surface area contributed by atoms with E-state index in [4.69, 9.17) is 6.57 Å². The molecule has 5 heteroatoms. The minimum atomic E-state index is 0.651. The molecule has 0 saturated heterocycles. The lowest BCUT2D eigenvalue weighted by Crippen LogP contribution is -1.93. The fourth-order valence-corrected chi connectivity index (χ4v) is 8.83. The van der Waals surface area contributed by atoms with E-state index in [2.05, 4.69) is 100 Å². The van der Waals surface area contributed by atoms with Gasteiger partial charge in [0.25, 0.3) is 0 Å². The molecule has 0 unspecified atom stereocenters. The number of benzene rings is 6. The minimum Gasteiger partial charge on any atom is -0.308 e. The molecule has 0 fully saturated rings. The molecule has 0 atom stereocenters. The van der Waals surface area contributed by atoms with E-state index < -0.39 is 0 Å². The van der Waals surface area contributed by atoms with Gasteiger partial charge in [0.2, 0.25) is 5.69 Å². The van der Waals surface area contributed by atoms with Gasteiger partial charge in [-0.15, -0.1) is 22.7 Å². The molecule has 3 aromatic heterocycles. The second-order valence-electron chi connectivity index (χ2n) is 10.7. The van der Waals surface area contributed by atoms with E-state index in [1.165, 1.54) is 20.2 Å². The van der Waals surface area contributed by atoms with Crippen molar-refractivity contribution in [2.24, 2.45) is 0 Å². The van der Waals surface area contributed by atoms with Crippen LogP contribution in [0.1, 0.15) is 5.56 Å². The van der Waals surface area contributed by atoms with Gasteiger partial charge in [0.15, 0.2) is 0 Å². The van der Waals surface area contributed by atoms with Crippen LogP contribution in [-0.2, 0) is 0 Å². The molecule has 0 aliphatic rings. The van der Waals surface area contributed by atoms with Crippen LogP contribution in [0.15, 0.2) is 115 Å². The Balaban J connectivity index is 1.31. The highest BCUT2D eigenvalue weighted by atomic mass is 32.1. The zero-order valence-corrected chi connectivity index (χ0v) is 24.3. The van der Waals surface area contributed by atoms with Crippen LogP contribution in [0.4, 0.5) is 5.69 Å². The van der Waals surface area contributed by atoms with Crippen LogP contribution in [0.2, 0.25) is 0 Å². The molecular weight excluding hydrogens is 563 g/mol. The maximum Gasteiger partial charge on any atom is 0.205 e. The van der Waals surface area contributed by atoms with Gasteiger partial charge in [0, 0.05) is 41.0 Å². The maximum atomic E-state index is 9.58. The number of thiophene rings is 2. The third-order valence-corrected chi connectivity index (χ3v) is 10.8. The first-order valence-electron chi connectivity index (χ1n) is 13.9. The van der Waals surface area contributed by atoms with E-state index >= 15 is 0 Å². The van der Waals surface area contributed by atoms with E-state index in [0.717, 1.165) is 58.8 Å². The van der Waals surface area contributed by atoms with Crippen molar-refractivity contribution in [2.75, 3.05) is 0 Å². The summed E-state index contributed by atoms with van der Waals surface area (Å²) in [4.78, 5) is 4.02. The Morgan fingerprint density at radius 1 is 0.581 bits per heavy atom. The van der Waals surface area contributed by atoms with Crippen molar-refractivity contribution in [3.05, 3.63) is 132 Å². The second-order valence-corrected chi connectivity index (χ2v) is 12.8. The zero-order chi connectivity index (χ0) is 28.7. The number of rotatable bonds is 2. The van der Waals surface area contributed by atoms with Crippen molar-refractivity contribution in [1.29, 1.82) is 5.26 Å². The number of para-hydroxylation sites is 1. The summed E-state index contributed by atoms with van der Waals surface area (Å²) in [6, 6.07) is 42.6. The van der Waals surface area contributed by atoms with Gasteiger partial charge in [0.1, 0.15) is 0 Å². The van der Waals surface area contributed by atoms with Crippen LogP contribution in [0.3, 0.4) is 0 Å². The number of nitrogens with zero attached hydrogens (tertiary/aromatic N) is 3. The van der Waals surface area contributed by atoms with Gasteiger partial charge in [-0.2, -0.15) is 5.26 Å². The average Bonchev–Trinajstić information content (AvgIpc) is 3.73. The van der Waals surface area contributed by atoms with Crippen molar-refractivity contribution < 1.29 is 0 Å². The van der Waals surface area contributed by atoms with Crippen LogP contribution in [0, 0.1) is 17.9 Å². The summed E-state index contributed by atoms with van der Waals surface area (Å²) in [5.74, 6) is 0. The summed E-state index contributed by atoms with van der Waals surface area (Å²) in [7, 11) is 0. The summed E-state index contributed by atoms with van der Waals surface area (Å²) in [6.07, 6.45) is 0. The highest BCUT2D eigenvalue weighted by Gasteiger charge is 2.19. The van der Waals surface area contributed by atoms with Crippen LogP contribution in [0.25, 0.3) is 83.8 Å². The number of fused-ring (bicyclic) bond motifs is 9. The van der Waals surface area contributed by atoms with Gasteiger partial charge in [-0.3, -0.25) is 0 Å². The number of hydrogen-bond acceptors (Lipinski definition) is 3. The summed E-state index contributed by atoms with van der Waals surface area (Å²) in [5, 5.41) is 16.5. The average molecular weight is 582 g/mol. The lowest BCUT2D eigenvalue weighted by atomic mass is 10.00. The van der Waals surface area contributed by atoms with Crippen molar-refractivity contribution in [3.8, 4) is 22.9 Å². The largest absolute Gasteiger partial charge is 0.308 e. The fourth-order valence-electron chi connectivity index (χ4n) is 6.50. The van der Waals surface area contributed by atoms with Crippen LogP contribution < -0.4 is 0 Å². The number of aromatic nitrogens is 1. The topological polar surface area (TPSA) is 33.1 Å². The first-order chi connectivity index (χ1) is 21.2. The van der Waals surface area contributed by atoms with E-state index in [1.54, 1.807) is 11.3 Å². The Kier molecular flexibility index (Phi) is 5.07. The van der Waals surface area contributed by atoms with Crippen LogP contribution >= 0.6 is 22.7 Å². The first kappa shape index (κ1) is 24.2. The predicted octanol–water partition coefficient (Wildman–Crippen LogP) is 11.6. The lowest BCUT2D eigenvalue weighted by Gasteiger charge is -2.09. The molecule has 0 aliphatic carbocycles. The third-order valence-electron chi connectivity index (χ3n) is 8.43. The molecule has 0 radical (unpaired) electrons. The Morgan fingerprint density at radius 3 is 2.23 bits per heavy atom. The Hall–Kier alpha value is -5.46. The highest BCUT2D eigenvalue weighted by Crippen LogP contribution is 2.46. The molecule has 9 aromatic rings. The molecule has 0 N–H and O–H groups in total. The van der Waals surface area contributed by atoms with Crippen molar-refractivity contribution in [2.45, 2.75) is 0 Å². The molecule has 43 heavy (non-hydrogen) atoms.